The molecule has 0 unspecified atom stereocenters. The average molecular weight is 255 g/mol. The van der Waals surface area contributed by atoms with Crippen LogP contribution in [-0.2, 0) is 6.42 Å². The topological polar surface area (TPSA) is 39.2 Å². The normalized spacial score (nSPS) is 10.2. The van der Waals surface area contributed by atoms with Crippen LogP contribution in [0.2, 0.25) is 0 Å². The summed E-state index contributed by atoms with van der Waals surface area (Å²) in [6.07, 6.45) is 4.58. The summed E-state index contributed by atoms with van der Waals surface area (Å²) in [5.74, 6) is 0.972. The molecule has 1 heterocycles. The lowest BCUT2D eigenvalue weighted by Gasteiger charge is -2.05. The van der Waals surface area contributed by atoms with E-state index in [9.17, 15) is 4.79 Å². The number of rotatable bonds is 5. The van der Waals surface area contributed by atoms with Crippen molar-refractivity contribution in [3.8, 4) is 5.75 Å². The quantitative estimate of drug-likeness (QED) is 0.770. The molecule has 0 spiro atoms. The van der Waals surface area contributed by atoms with Gasteiger partial charge in [0.25, 0.3) is 0 Å². The summed E-state index contributed by atoms with van der Waals surface area (Å²) >= 11 is 0. The van der Waals surface area contributed by atoms with Crippen LogP contribution in [0.4, 0.5) is 0 Å². The van der Waals surface area contributed by atoms with Gasteiger partial charge in [-0.2, -0.15) is 0 Å². The van der Waals surface area contributed by atoms with E-state index in [4.69, 9.17) is 4.74 Å². The van der Waals surface area contributed by atoms with Crippen molar-refractivity contribution in [1.29, 1.82) is 0 Å². The fraction of sp³-hybridized carbons (Fsp3) is 0.250. The largest absolute Gasteiger partial charge is 0.497 e. The molecular formula is C16H17NO2. The molecule has 0 N–H and O–H groups in total. The predicted molar refractivity (Wildman–Crippen MR) is 74.6 cm³/mol. The number of ether oxygens (including phenoxy) is 1. The van der Waals surface area contributed by atoms with E-state index in [1.807, 2.05) is 37.3 Å². The molecule has 0 aliphatic rings. The van der Waals surface area contributed by atoms with Gasteiger partial charge in [0, 0.05) is 24.4 Å². The van der Waals surface area contributed by atoms with E-state index in [0.29, 0.717) is 6.42 Å². The minimum absolute atomic E-state index is 0.140. The molecule has 19 heavy (non-hydrogen) atoms. The Hall–Kier alpha value is -2.16. The first-order valence-electron chi connectivity index (χ1n) is 6.27. The van der Waals surface area contributed by atoms with Gasteiger partial charge in [0.1, 0.15) is 5.75 Å². The van der Waals surface area contributed by atoms with Crippen molar-refractivity contribution in [2.45, 2.75) is 19.8 Å². The summed E-state index contributed by atoms with van der Waals surface area (Å²) in [5.41, 5.74) is 2.83. The maximum atomic E-state index is 12.1. The average Bonchev–Trinajstić information content (AvgIpc) is 2.46. The number of carbonyl (C=O) groups is 1. The zero-order valence-corrected chi connectivity index (χ0v) is 11.2. The number of hydrogen-bond acceptors (Lipinski definition) is 3. The summed E-state index contributed by atoms with van der Waals surface area (Å²) in [6.45, 7) is 1.93. The van der Waals surface area contributed by atoms with E-state index in [2.05, 4.69) is 4.98 Å². The van der Waals surface area contributed by atoms with Crippen molar-refractivity contribution in [1.82, 2.24) is 4.98 Å². The van der Waals surface area contributed by atoms with E-state index < -0.39 is 0 Å². The highest BCUT2D eigenvalue weighted by Gasteiger charge is 2.09. The standard InChI is InChI=1S/C16H17NO2/c1-12-9-10-17-11-15(12)16(18)8-5-13-3-6-14(19-2)7-4-13/h3-4,6-7,9-11H,5,8H2,1-2H3. The van der Waals surface area contributed by atoms with Crippen LogP contribution in [0.25, 0.3) is 0 Å². The van der Waals surface area contributed by atoms with Crippen molar-refractivity contribution in [2.75, 3.05) is 7.11 Å². The number of ketones is 1. The molecular weight excluding hydrogens is 238 g/mol. The van der Waals surface area contributed by atoms with Crippen LogP contribution < -0.4 is 4.74 Å². The van der Waals surface area contributed by atoms with Gasteiger partial charge in [0.15, 0.2) is 5.78 Å². The maximum absolute atomic E-state index is 12.1. The molecule has 2 rings (SSSR count). The second-order valence-corrected chi connectivity index (χ2v) is 4.46. The van der Waals surface area contributed by atoms with Crippen LogP contribution >= 0.6 is 0 Å². The second kappa shape index (κ2) is 6.14. The van der Waals surface area contributed by atoms with Crippen molar-refractivity contribution in [2.24, 2.45) is 0 Å². The van der Waals surface area contributed by atoms with Crippen LogP contribution in [0, 0.1) is 6.92 Å². The minimum Gasteiger partial charge on any atom is -0.497 e. The predicted octanol–water partition coefficient (Wildman–Crippen LogP) is 3.21. The van der Waals surface area contributed by atoms with Crippen molar-refractivity contribution in [3.05, 3.63) is 59.4 Å². The lowest BCUT2D eigenvalue weighted by atomic mass is 10.0. The van der Waals surface area contributed by atoms with Gasteiger partial charge in [0.05, 0.1) is 7.11 Å². The monoisotopic (exact) mass is 255 g/mol. The summed E-state index contributed by atoms with van der Waals surface area (Å²) < 4.78 is 5.10. The van der Waals surface area contributed by atoms with Gasteiger partial charge in [-0.1, -0.05) is 12.1 Å². The SMILES string of the molecule is COc1ccc(CCC(=O)c2cnccc2C)cc1. The molecule has 0 saturated heterocycles. The van der Waals surface area contributed by atoms with Gasteiger partial charge in [-0.25, -0.2) is 0 Å². The third-order valence-corrected chi connectivity index (χ3v) is 3.14. The first-order chi connectivity index (χ1) is 9.20. The Balaban J connectivity index is 1.98. The lowest BCUT2D eigenvalue weighted by molar-refractivity contribution is 0.0982. The summed E-state index contributed by atoms with van der Waals surface area (Å²) in [6, 6.07) is 9.66. The van der Waals surface area contributed by atoms with Gasteiger partial charge in [0.2, 0.25) is 0 Å². The number of pyridine rings is 1. The van der Waals surface area contributed by atoms with Crippen molar-refractivity contribution < 1.29 is 9.53 Å². The molecule has 0 radical (unpaired) electrons. The molecule has 3 heteroatoms. The number of Topliss-reactive ketones (excluding diaryl/α,β-unsaturated/α-hetero) is 1. The second-order valence-electron chi connectivity index (χ2n) is 4.46. The number of benzene rings is 1. The van der Waals surface area contributed by atoms with Crippen LogP contribution in [0.15, 0.2) is 42.7 Å². The summed E-state index contributed by atoms with van der Waals surface area (Å²) in [5, 5.41) is 0. The lowest BCUT2D eigenvalue weighted by Crippen LogP contribution is -2.04. The van der Waals surface area contributed by atoms with Gasteiger partial charge in [-0.3, -0.25) is 9.78 Å². The third kappa shape index (κ3) is 3.41. The first-order valence-corrected chi connectivity index (χ1v) is 6.27. The van der Waals surface area contributed by atoms with Crippen LogP contribution in [-0.4, -0.2) is 17.9 Å². The van der Waals surface area contributed by atoms with E-state index in [-0.39, 0.29) is 5.78 Å². The Labute approximate surface area is 113 Å². The Bertz CT molecular complexity index is 561. The number of nitrogens with zero attached hydrogens (tertiary/aromatic N) is 1. The number of aryl methyl sites for hydroxylation is 2. The molecule has 1 aromatic carbocycles. The molecule has 0 fully saturated rings. The smallest absolute Gasteiger partial charge is 0.165 e. The molecule has 98 valence electrons. The minimum atomic E-state index is 0.140. The molecule has 0 aliphatic heterocycles. The molecule has 0 saturated carbocycles. The highest BCUT2D eigenvalue weighted by Crippen LogP contribution is 2.14. The van der Waals surface area contributed by atoms with E-state index in [0.717, 1.165) is 28.9 Å². The fourth-order valence-corrected chi connectivity index (χ4v) is 1.94. The highest BCUT2D eigenvalue weighted by molar-refractivity contribution is 5.97. The van der Waals surface area contributed by atoms with Crippen molar-refractivity contribution in [3.63, 3.8) is 0 Å². The molecule has 3 nitrogen and oxygen atoms in total. The number of methoxy groups -OCH3 is 1. The van der Waals surface area contributed by atoms with Crippen molar-refractivity contribution >= 4 is 5.78 Å². The van der Waals surface area contributed by atoms with Gasteiger partial charge < -0.3 is 4.74 Å². The van der Waals surface area contributed by atoms with Crippen LogP contribution in [0.5, 0.6) is 5.75 Å². The van der Waals surface area contributed by atoms with Gasteiger partial charge >= 0.3 is 0 Å². The Kier molecular flexibility index (Phi) is 4.29. The van der Waals surface area contributed by atoms with Crippen LogP contribution in [0.1, 0.15) is 27.9 Å². The summed E-state index contributed by atoms with van der Waals surface area (Å²) in [7, 11) is 1.64. The van der Waals surface area contributed by atoms with E-state index in [1.54, 1.807) is 19.5 Å². The number of hydrogen-bond donors (Lipinski definition) is 0. The summed E-state index contributed by atoms with van der Waals surface area (Å²) in [4.78, 5) is 16.1. The Morgan fingerprint density at radius 1 is 1.21 bits per heavy atom. The number of aromatic nitrogens is 1. The van der Waals surface area contributed by atoms with Gasteiger partial charge in [-0.05, 0) is 42.7 Å². The third-order valence-electron chi connectivity index (χ3n) is 3.14. The molecule has 0 amide bonds. The highest BCUT2D eigenvalue weighted by atomic mass is 16.5. The maximum Gasteiger partial charge on any atom is 0.165 e. The molecule has 0 aliphatic carbocycles. The zero-order valence-electron chi connectivity index (χ0n) is 11.2. The van der Waals surface area contributed by atoms with Gasteiger partial charge in [-0.15, -0.1) is 0 Å². The molecule has 0 atom stereocenters. The van der Waals surface area contributed by atoms with E-state index >= 15 is 0 Å². The zero-order chi connectivity index (χ0) is 13.7. The van der Waals surface area contributed by atoms with Crippen LogP contribution in [0.3, 0.4) is 0 Å². The first kappa shape index (κ1) is 13.3. The fourth-order valence-electron chi connectivity index (χ4n) is 1.94. The molecule has 1 aromatic heterocycles. The Morgan fingerprint density at radius 3 is 2.58 bits per heavy atom. The molecule has 2 aromatic rings. The number of carbonyl (C=O) groups excluding carboxylic acids is 1. The Morgan fingerprint density at radius 2 is 1.95 bits per heavy atom. The van der Waals surface area contributed by atoms with E-state index in [1.165, 1.54) is 0 Å². The molecule has 0 bridgehead atoms.